The summed E-state index contributed by atoms with van der Waals surface area (Å²) in [6.45, 7) is 20.8. The fourth-order valence-corrected chi connectivity index (χ4v) is 13.6. The number of benzene rings is 9. The third-order valence-corrected chi connectivity index (χ3v) is 17.2. The molecule has 0 saturated carbocycles. The molecule has 2 aliphatic heterocycles. The summed E-state index contributed by atoms with van der Waals surface area (Å²) in [5, 5.41) is 8.16. The van der Waals surface area contributed by atoms with Gasteiger partial charge in [-0.05, 0) is 145 Å². The van der Waals surface area contributed by atoms with E-state index < -0.39 is 0 Å². The molecule has 0 fully saturated rings. The standard InChI is InChI=1S/C36H35N.C21H22.C17H19N/c1-25-28-23-22-27-16-9-10-17-29(27)34(28)36(4,24-26-14-7-6-8-15-26)30(25)19-13-21-33-35(2,3)31-18-11-12-20-32(31)37(33)5;1-3-18-13-14-19-11-7-8-12-20(19)21(18)16(2)15-17-9-5-4-6-10-17;1-5-15-17(2,3)16-13-9-7-6-8-12(13)10-11-14(16)18(15)4/h6-23H,24H2,1-5H3;4-14,16H,3,15H2,1-2H3;5-11H,1-4H3/b19-13+,33-21+;;15-5+. The van der Waals surface area contributed by atoms with E-state index in [2.05, 4.69) is 305 Å². The summed E-state index contributed by atoms with van der Waals surface area (Å²) < 4.78 is 0. The van der Waals surface area contributed by atoms with Crippen LogP contribution in [0.4, 0.5) is 11.4 Å². The van der Waals surface area contributed by atoms with Gasteiger partial charge in [-0.25, -0.2) is 0 Å². The first-order valence-corrected chi connectivity index (χ1v) is 27.7. The average molecular weight is 993 g/mol. The van der Waals surface area contributed by atoms with Gasteiger partial charge in [0.25, 0.3) is 0 Å². The molecule has 382 valence electrons. The minimum atomic E-state index is -0.114. The molecule has 76 heavy (non-hydrogen) atoms. The average Bonchev–Trinajstić information content (AvgIpc) is 3.92. The predicted molar refractivity (Wildman–Crippen MR) is 330 cm³/mol. The van der Waals surface area contributed by atoms with Crippen LogP contribution < -0.4 is 9.80 Å². The van der Waals surface area contributed by atoms with Gasteiger partial charge >= 0.3 is 0 Å². The van der Waals surface area contributed by atoms with E-state index in [1.165, 1.54) is 111 Å². The number of rotatable bonds is 8. The maximum Gasteiger partial charge on any atom is 0.0454 e. The molecular formula is C74H76N2. The lowest BCUT2D eigenvalue weighted by molar-refractivity contribution is 0.582. The van der Waals surface area contributed by atoms with Crippen LogP contribution in [0.3, 0.4) is 0 Å². The molecule has 0 aromatic heterocycles. The molecule has 12 rings (SSSR count). The quantitative estimate of drug-likeness (QED) is 0.150. The van der Waals surface area contributed by atoms with Crippen LogP contribution in [0.1, 0.15) is 113 Å². The monoisotopic (exact) mass is 993 g/mol. The number of para-hydroxylation sites is 1. The third-order valence-electron chi connectivity index (χ3n) is 17.2. The molecule has 2 heterocycles. The van der Waals surface area contributed by atoms with Crippen molar-refractivity contribution < 1.29 is 0 Å². The van der Waals surface area contributed by atoms with Crippen LogP contribution in [-0.4, -0.2) is 14.1 Å². The van der Waals surface area contributed by atoms with E-state index in [0.29, 0.717) is 5.92 Å². The van der Waals surface area contributed by atoms with Gasteiger partial charge < -0.3 is 9.80 Å². The van der Waals surface area contributed by atoms with Crippen LogP contribution in [-0.2, 0) is 35.5 Å². The zero-order chi connectivity index (χ0) is 53.4. The third kappa shape index (κ3) is 9.31. The lowest BCUT2D eigenvalue weighted by Crippen LogP contribution is -2.25. The number of aryl methyl sites for hydroxylation is 1. The van der Waals surface area contributed by atoms with Crippen molar-refractivity contribution in [2.45, 2.75) is 104 Å². The normalized spacial score (nSPS) is 18.5. The number of hydrogen-bond donors (Lipinski definition) is 0. The van der Waals surface area contributed by atoms with E-state index in [-0.39, 0.29) is 16.2 Å². The molecule has 2 atom stereocenters. The minimum Gasteiger partial charge on any atom is -0.347 e. The van der Waals surface area contributed by atoms with Gasteiger partial charge in [0.15, 0.2) is 0 Å². The molecule has 0 N–H and O–H groups in total. The lowest BCUT2D eigenvalue weighted by atomic mass is 9.72. The van der Waals surface area contributed by atoms with Gasteiger partial charge in [-0.15, -0.1) is 0 Å². The first kappa shape index (κ1) is 51.8. The van der Waals surface area contributed by atoms with Crippen molar-refractivity contribution in [3.63, 3.8) is 0 Å². The highest BCUT2D eigenvalue weighted by Crippen LogP contribution is 2.53. The van der Waals surface area contributed by atoms with Gasteiger partial charge in [0.1, 0.15) is 0 Å². The maximum atomic E-state index is 2.44. The van der Waals surface area contributed by atoms with E-state index in [9.17, 15) is 0 Å². The van der Waals surface area contributed by atoms with E-state index in [1.807, 2.05) is 0 Å². The zero-order valence-corrected chi connectivity index (χ0v) is 46.9. The van der Waals surface area contributed by atoms with Gasteiger partial charge in [-0.2, -0.15) is 0 Å². The SMILES string of the molecule is C/C=C1/N(C)c2ccc3ccccc3c2C1(C)C.CC1=C(/C=C/C=C2/N(C)c3ccccc3C2(C)C)C(C)(Cc2ccccc2)c2c1ccc1ccccc21.CCc1ccc2ccccc2c1C(C)Cc1ccccc1. The summed E-state index contributed by atoms with van der Waals surface area (Å²) in [5.74, 6) is 0.536. The fraction of sp³-hybridized carbons (Fsp3) is 0.243. The molecule has 9 aromatic carbocycles. The smallest absolute Gasteiger partial charge is 0.0454 e. The van der Waals surface area contributed by atoms with Crippen molar-refractivity contribution in [3.05, 3.63) is 280 Å². The molecule has 0 bridgehead atoms. The van der Waals surface area contributed by atoms with Crippen LogP contribution in [0.5, 0.6) is 0 Å². The second-order valence-corrected chi connectivity index (χ2v) is 22.7. The van der Waals surface area contributed by atoms with Crippen molar-refractivity contribution in [2.75, 3.05) is 23.9 Å². The van der Waals surface area contributed by atoms with Crippen LogP contribution >= 0.6 is 0 Å². The molecular weight excluding hydrogens is 917 g/mol. The van der Waals surface area contributed by atoms with Gasteiger partial charge in [0.2, 0.25) is 0 Å². The van der Waals surface area contributed by atoms with Gasteiger partial charge in [0, 0.05) is 53.1 Å². The minimum absolute atomic E-state index is 0.0265. The lowest BCUT2D eigenvalue weighted by Gasteiger charge is -2.30. The second kappa shape index (κ2) is 21.2. The number of allylic oxidation sites excluding steroid dienone is 8. The Labute approximate surface area is 454 Å². The number of likely N-dealkylation sites (N-methyl/N-ethyl adjacent to an activating group) is 2. The summed E-state index contributed by atoms with van der Waals surface area (Å²) >= 11 is 0. The molecule has 0 spiro atoms. The summed E-state index contributed by atoms with van der Waals surface area (Å²) in [4.78, 5) is 4.67. The molecule has 3 aliphatic rings. The van der Waals surface area contributed by atoms with Crippen molar-refractivity contribution in [3.8, 4) is 0 Å². The van der Waals surface area contributed by atoms with E-state index in [4.69, 9.17) is 0 Å². The highest BCUT2D eigenvalue weighted by Gasteiger charge is 2.42. The van der Waals surface area contributed by atoms with Crippen molar-refractivity contribution >= 4 is 49.3 Å². The Morgan fingerprint density at radius 1 is 0.513 bits per heavy atom. The van der Waals surface area contributed by atoms with Crippen LogP contribution in [0.15, 0.2) is 235 Å². The Balaban J connectivity index is 0.000000142. The first-order chi connectivity index (χ1) is 36.7. The molecule has 0 saturated heterocycles. The highest BCUT2D eigenvalue weighted by atomic mass is 15.2. The Hall–Kier alpha value is -7.68. The Morgan fingerprint density at radius 2 is 1.04 bits per heavy atom. The summed E-state index contributed by atoms with van der Waals surface area (Å²) in [6, 6.07) is 70.5. The summed E-state index contributed by atoms with van der Waals surface area (Å²) in [6.07, 6.45) is 12.4. The number of anilines is 2. The molecule has 2 unspecified atom stereocenters. The van der Waals surface area contributed by atoms with Gasteiger partial charge in [0.05, 0.1) is 0 Å². The van der Waals surface area contributed by atoms with Gasteiger partial charge in [-0.1, -0.05) is 249 Å². The topological polar surface area (TPSA) is 6.48 Å². The Morgan fingerprint density at radius 3 is 1.67 bits per heavy atom. The molecule has 1 aliphatic carbocycles. The number of fused-ring (bicyclic) bond motifs is 8. The Bertz CT molecular complexity index is 3710. The van der Waals surface area contributed by atoms with Crippen LogP contribution in [0.2, 0.25) is 0 Å². The number of hydrogen-bond acceptors (Lipinski definition) is 2. The maximum absolute atomic E-state index is 2.44. The molecule has 0 amide bonds. The van der Waals surface area contributed by atoms with Crippen molar-refractivity contribution in [1.29, 1.82) is 0 Å². The predicted octanol–water partition coefficient (Wildman–Crippen LogP) is 19.2. The first-order valence-electron chi connectivity index (χ1n) is 27.7. The van der Waals surface area contributed by atoms with E-state index >= 15 is 0 Å². The zero-order valence-electron chi connectivity index (χ0n) is 46.9. The van der Waals surface area contributed by atoms with E-state index in [1.54, 1.807) is 0 Å². The van der Waals surface area contributed by atoms with Crippen LogP contribution in [0, 0.1) is 0 Å². The largest absolute Gasteiger partial charge is 0.347 e. The fourth-order valence-electron chi connectivity index (χ4n) is 13.6. The molecule has 0 radical (unpaired) electrons. The van der Waals surface area contributed by atoms with Crippen LogP contribution in [0.25, 0.3) is 37.9 Å². The second-order valence-electron chi connectivity index (χ2n) is 22.7. The van der Waals surface area contributed by atoms with E-state index in [0.717, 1.165) is 19.3 Å². The molecule has 2 heteroatoms. The molecule has 9 aromatic rings. The summed E-state index contributed by atoms with van der Waals surface area (Å²) in [7, 11) is 4.35. The van der Waals surface area contributed by atoms with Crippen molar-refractivity contribution in [2.24, 2.45) is 0 Å². The highest BCUT2D eigenvalue weighted by molar-refractivity contribution is 5.97. The van der Waals surface area contributed by atoms with Crippen molar-refractivity contribution in [1.82, 2.24) is 0 Å². The summed E-state index contributed by atoms with van der Waals surface area (Å²) in [5.41, 5.74) is 19.6. The van der Waals surface area contributed by atoms with Gasteiger partial charge in [-0.3, -0.25) is 0 Å². The molecule has 2 nitrogen and oxygen atoms in total. The Kier molecular flexibility index (Phi) is 14.4. The number of nitrogens with zero attached hydrogens (tertiary/aromatic N) is 2.